The lowest BCUT2D eigenvalue weighted by Crippen LogP contribution is -2.44. The maximum Gasteiger partial charge on any atom is 0.243 e. The zero-order chi connectivity index (χ0) is 22.9. The Hall–Kier alpha value is -2.74. The van der Waals surface area contributed by atoms with Gasteiger partial charge in [-0.1, -0.05) is 41.9 Å². The lowest BCUT2D eigenvalue weighted by atomic mass is 10.1. The first kappa shape index (κ1) is 22.5. The molecule has 0 bridgehead atoms. The minimum Gasteiger partial charge on any atom is -0.308 e. The molecule has 8 heteroatoms. The fourth-order valence-corrected chi connectivity index (χ4v) is 5.45. The first-order chi connectivity index (χ1) is 15.3. The summed E-state index contributed by atoms with van der Waals surface area (Å²) in [5.41, 5.74) is 2.43. The smallest absolute Gasteiger partial charge is 0.243 e. The Bertz CT molecular complexity index is 1230. The van der Waals surface area contributed by atoms with Crippen LogP contribution in [0.15, 0.2) is 77.7 Å². The third-order valence-electron chi connectivity index (χ3n) is 5.51. The van der Waals surface area contributed by atoms with Gasteiger partial charge in [-0.25, -0.2) is 12.8 Å². The van der Waals surface area contributed by atoms with Gasteiger partial charge in [-0.2, -0.15) is 4.31 Å². The first-order valence-corrected chi connectivity index (χ1v) is 12.0. The number of para-hydroxylation sites is 1. The number of halogens is 2. The molecular weight excluding hydrogens is 451 g/mol. The van der Waals surface area contributed by atoms with Crippen LogP contribution in [0.4, 0.5) is 10.1 Å². The molecule has 166 valence electrons. The van der Waals surface area contributed by atoms with Gasteiger partial charge in [0.05, 0.1) is 11.4 Å². The molecule has 5 nitrogen and oxygen atoms in total. The molecule has 0 spiro atoms. The third-order valence-corrected chi connectivity index (χ3v) is 7.57. The average Bonchev–Trinajstić information content (AvgIpc) is 3.10. The van der Waals surface area contributed by atoms with Crippen molar-refractivity contribution in [3.63, 3.8) is 0 Å². The number of anilines is 1. The average molecular weight is 473 g/mol. The van der Waals surface area contributed by atoms with Gasteiger partial charge in [0.1, 0.15) is 5.82 Å². The van der Waals surface area contributed by atoms with Gasteiger partial charge in [0.25, 0.3) is 0 Å². The summed E-state index contributed by atoms with van der Waals surface area (Å²) in [5.74, 6) is -0.735. The number of nitrogens with zero attached hydrogens (tertiary/aromatic N) is 2. The minimum atomic E-state index is -4.01. The molecule has 32 heavy (non-hydrogen) atoms. The van der Waals surface area contributed by atoms with E-state index in [-0.39, 0.29) is 29.9 Å². The highest BCUT2D eigenvalue weighted by atomic mass is 35.5. The van der Waals surface area contributed by atoms with Crippen molar-refractivity contribution < 1.29 is 17.6 Å². The number of sulfonamides is 1. The van der Waals surface area contributed by atoms with Gasteiger partial charge in [-0.05, 0) is 66.9 Å². The summed E-state index contributed by atoms with van der Waals surface area (Å²) in [7, 11) is -4.01. The maximum atomic E-state index is 13.4. The Morgan fingerprint density at radius 1 is 1.06 bits per heavy atom. The number of carbonyl (C=O) groups is 1. The van der Waals surface area contributed by atoms with Gasteiger partial charge in [0.15, 0.2) is 0 Å². The summed E-state index contributed by atoms with van der Waals surface area (Å²) in [6.07, 6.45) is 0.712. The molecule has 3 aromatic carbocycles. The Labute approximate surface area is 192 Å². The molecule has 0 N–H and O–H groups in total. The molecule has 0 radical (unpaired) electrons. The Balaban J connectivity index is 1.67. The first-order valence-electron chi connectivity index (χ1n) is 10.2. The molecule has 0 aliphatic carbocycles. The van der Waals surface area contributed by atoms with Crippen molar-refractivity contribution in [1.82, 2.24) is 4.31 Å². The van der Waals surface area contributed by atoms with E-state index in [1.165, 1.54) is 48.5 Å². The summed E-state index contributed by atoms with van der Waals surface area (Å²) in [4.78, 5) is 15.0. The van der Waals surface area contributed by atoms with E-state index in [4.69, 9.17) is 11.6 Å². The zero-order valence-electron chi connectivity index (χ0n) is 17.4. The third kappa shape index (κ3) is 4.55. The van der Waals surface area contributed by atoms with Crippen molar-refractivity contribution in [1.29, 1.82) is 0 Å². The number of fused-ring (bicyclic) bond motifs is 1. The summed E-state index contributed by atoms with van der Waals surface area (Å²) in [6.45, 7) is 1.53. The molecule has 1 heterocycles. The Morgan fingerprint density at radius 3 is 2.41 bits per heavy atom. The lowest BCUT2D eigenvalue weighted by molar-refractivity contribution is -0.119. The maximum absolute atomic E-state index is 13.4. The molecule has 4 rings (SSSR count). The normalized spacial score (nSPS) is 15.8. The van der Waals surface area contributed by atoms with Crippen molar-refractivity contribution in [2.24, 2.45) is 0 Å². The summed E-state index contributed by atoms with van der Waals surface area (Å²) >= 11 is 5.92. The topological polar surface area (TPSA) is 57.7 Å². The second kappa shape index (κ2) is 9.02. The predicted molar refractivity (Wildman–Crippen MR) is 123 cm³/mol. The summed E-state index contributed by atoms with van der Waals surface area (Å²) in [5, 5.41) is 0.410. The van der Waals surface area contributed by atoms with Crippen LogP contribution >= 0.6 is 11.6 Å². The van der Waals surface area contributed by atoms with Crippen LogP contribution < -0.4 is 4.90 Å². The summed E-state index contributed by atoms with van der Waals surface area (Å²) < 4.78 is 41.3. The second-order valence-electron chi connectivity index (χ2n) is 7.80. The zero-order valence-corrected chi connectivity index (χ0v) is 19.0. The van der Waals surface area contributed by atoms with E-state index in [1.807, 2.05) is 31.2 Å². The number of benzene rings is 3. The van der Waals surface area contributed by atoms with Crippen LogP contribution in [0.3, 0.4) is 0 Å². The molecule has 0 saturated heterocycles. The highest BCUT2D eigenvalue weighted by Gasteiger charge is 2.34. The molecule has 1 amide bonds. The molecule has 1 aliphatic rings. The fourth-order valence-electron chi connectivity index (χ4n) is 3.95. The van der Waals surface area contributed by atoms with E-state index < -0.39 is 15.8 Å². The molecule has 0 fully saturated rings. The second-order valence-corrected chi connectivity index (χ2v) is 10.2. The van der Waals surface area contributed by atoms with Crippen molar-refractivity contribution in [2.45, 2.75) is 30.8 Å². The standard InChI is InChI=1S/C24H22ClFN2O3S/c1-17-14-19-4-2-3-5-23(19)28(17)24(29)16-27(15-18-6-10-21(26)11-7-18)32(30,31)22-12-8-20(25)9-13-22/h2-13,17H,14-16H2,1H3/t17-/m0/s1. The molecule has 0 unspecified atom stereocenters. The number of amides is 1. The SMILES string of the molecule is C[C@H]1Cc2ccccc2N1C(=O)CN(Cc1ccc(F)cc1)S(=O)(=O)c1ccc(Cl)cc1. The molecule has 1 atom stereocenters. The Morgan fingerprint density at radius 2 is 1.72 bits per heavy atom. The molecule has 0 aromatic heterocycles. The van der Waals surface area contributed by atoms with Crippen LogP contribution in [0.5, 0.6) is 0 Å². The molecule has 0 saturated carbocycles. The molecular formula is C24H22ClFN2O3S. The van der Waals surface area contributed by atoms with Crippen LogP contribution in [-0.2, 0) is 27.8 Å². The monoisotopic (exact) mass is 472 g/mol. The van der Waals surface area contributed by atoms with Gasteiger partial charge in [-0.15, -0.1) is 0 Å². The minimum absolute atomic E-state index is 0.0340. The van der Waals surface area contributed by atoms with Gasteiger partial charge in [-0.3, -0.25) is 4.79 Å². The van der Waals surface area contributed by atoms with E-state index in [0.717, 1.165) is 15.6 Å². The van der Waals surface area contributed by atoms with Gasteiger partial charge in [0.2, 0.25) is 15.9 Å². The highest BCUT2D eigenvalue weighted by Crippen LogP contribution is 2.32. The van der Waals surface area contributed by atoms with E-state index >= 15 is 0 Å². The van der Waals surface area contributed by atoms with Crippen LogP contribution in [-0.4, -0.2) is 31.2 Å². The van der Waals surface area contributed by atoms with Crippen LogP contribution in [0, 0.1) is 5.82 Å². The summed E-state index contributed by atoms with van der Waals surface area (Å²) in [6, 6.07) is 18.9. The van der Waals surface area contributed by atoms with Crippen molar-refractivity contribution in [3.05, 3.63) is 94.8 Å². The van der Waals surface area contributed by atoms with Gasteiger partial charge in [0, 0.05) is 23.3 Å². The number of rotatable bonds is 6. The fraction of sp³-hybridized carbons (Fsp3) is 0.208. The Kier molecular flexibility index (Phi) is 6.33. The molecule has 3 aromatic rings. The van der Waals surface area contributed by atoms with E-state index in [2.05, 4.69) is 0 Å². The van der Waals surface area contributed by atoms with E-state index in [0.29, 0.717) is 17.0 Å². The number of hydrogen-bond donors (Lipinski definition) is 0. The van der Waals surface area contributed by atoms with E-state index in [1.54, 1.807) is 4.90 Å². The predicted octanol–water partition coefficient (Wildman–Crippen LogP) is 4.65. The van der Waals surface area contributed by atoms with Crippen LogP contribution in [0.1, 0.15) is 18.1 Å². The van der Waals surface area contributed by atoms with Crippen molar-refractivity contribution in [2.75, 3.05) is 11.4 Å². The van der Waals surface area contributed by atoms with Crippen molar-refractivity contribution in [3.8, 4) is 0 Å². The number of hydrogen-bond acceptors (Lipinski definition) is 3. The number of carbonyl (C=O) groups excluding carboxylic acids is 1. The van der Waals surface area contributed by atoms with Gasteiger partial charge < -0.3 is 4.90 Å². The van der Waals surface area contributed by atoms with Crippen molar-refractivity contribution >= 4 is 33.2 Å². The van der Waals surface area contributed by atoms with Crippen LogP contribution in [0.2, 0.25) is 5.02 Å². The largest absolute Gasteiger partial charge is 0.308 e. The molecule has 1 aliphatic heterocycles. The van der Waals surface area contributed by atoms with Gasteiger partial charge >= 0.3 is 0 Å². The van der Waals surface area contributed by atoms with Crippen LogP contribution in [0.25, 0.3) is 0 Å². The highest BCUT2D eigenvalue weighted by molar-refractivity contribution is 7.89. The lowest BCUT2D eigenvalue weighted by Gasteiger charge is -2.27. The van der Waals surface area contributed by atoms with E-state index in [9.17, 15) is 17.6 Å². The quantitative estimate of drug-likeness (QED) is 0.524.